The van der Waals surface area contributed by atoms with Crippen molar-refractivity contribution in [3.63, 3.8) is 0 Å². The molecule has 0 aliphatic heterocycles. The number of hydrogen-bond donors (Lipinski definition) is 1. The number of carbonyl (C=O) groups is 1. The average Bonchev–Trinajstić information content (AvgIpc) is 3.18. The fourth-order valence-corrected chi connectivity index (χ4v) is 3.94. The summed E-state index contributed by atoms with van der Waals surface area (Å²) in [5.74, 6) is -0.200. The molecule has 0 aliphatic rings. The number of rotatable bonds is 8. The normalized spacial score (nSPS) is 11.1. The molecule has 4 rings (SSSR count). The van der Waals surface area contributed by atoms with E-state index in [0.29, 0.717) is 30.6 Å². The van der Waals surface area contributed by atoms with Crippen LogP contribution in [0.1, 0.15) is 17.5 Å². The molecule has 1 amide bonds. The molecule has 0 saturated carbocycles. The van der Waals surface area contributed by atoms with Gasteiger partial charge in [-0.05, 0) is 43.0 Å². The summed E-state index contributed by atoms with van der Waals surface area (Å²) in [6.07, 6.45) is 4.12. The number of carbonyl (C=O) groups excluding carboxylic acids is 1. The molecule has 1 N–H and O–H groups in total. The van der Waals surface area contributed by atoms with Gasteiger partial charge in [0.25, 0.3) is 5.56 Å². The topological polar surface area (TPSA) is 78.2 Å². The first-order valence-electron chi connectivity index (χ1n) is 11.0. The third kappa shape index (κ3) is 4.73. The number of benzene rings is 2. The summed E-state index contributed by atoms with van der Waals surface area (Å²) in [4.78, 5) is 30.9. The molecular weight excluding hydrogens is 416 g/mol. The Hall–Kier alpha value is -3.71. The highest BCUT2D eigenvalue weighted by atomic mass is 16.5. The Labute approximate surface area is 192 Å². The van der Waals surface area contributed by atoms with Crippen molar-refractivity contribution >= 4 is 22.6 Å². The first-order valence-corrected chi connectivity index (χ1v) is 11.0. The summed E-state index contributed by atoms with van der Waals surface area (Å²) in [6, 6.07) is 15.6. The molecule has 33 heavy (non-hydrogen) atoms. The Morgan fingerprint density at radius 3 is 2.61 bits per heavy atom. The molecule has 4 aromatic rings. The van der Waals surface area contributed by atoms with Crippen LogP contribution in [0.5, 0.6) is 0 Å². The Kier molecular flexibility index (Phi) is 6.70. The van der Waals surface area contributed by atoms with Gasteiger partial charge in [-0.25, -0.2) is 4.98 Å². The van der Waals surface area contributed by atoms with Crippen LogP contribution in [-0.2, 0) is 22.6 Å². The maximum atomic E-state index is 13.4. The largest absolute Gasteiger partial charge is 0.385 e. The number of methoxy groups -OCH3 is 1. The maximum absolute atomic E-state index is 13.4. The predicted molar refractivity (Wildman–Crippen MR) is 130 cm³/mol. The molecule has 0 aliphatic carbocycles. The van der Waals surface area contributed by atoms with Crippen LogP contribution in [0, 0.1) is 13.8 Å². The average molecular weight is 445 g/mol. The van der Waals surface area contributed by atoms with Gasteiger partial charge in [-0.2, -0.15) is 0 Å². The van der Waals surface area contributed by atoms with Crippen molar-refractivity contribution in [2.24, 2.45) is 0 Å². The third-order valence-corrected chi connectivity index (χ3v) is 5.87. The second kappa shape index (κ2) is 9.83. The molecular formula is C26H28N4O3. The van der Waals surface area contributed by atoms with Crippen LogP contribution in [0.25, 0.3) is 22.2 Å². The lowest BCUT2D eigenvalue weighted by Gasteiger charge is -2.11. The molecule has 0 saturated heterocycles. The molecule has 2 aromatic carbocycles. The van der Waals surface area contributed by atoms with Crippen LogP contribution < -0.4 is 10.9 Å². The lowest BCUT2D eigenvalue weighted by molar-refractivity contribution is -0.116. The highest BCUT2D eigenvalue weighted by Gasteiger charge is 2.18. The second-order valence-corrected chi connectivity index (χ2v) is 8.12. The molecule has 0 radical (unpaired) electrons. The van der Waals surface area contributed by atoms with Crippen molar-refractivity contribution in [2.45, 2.75) is 33.4 Å². The van der Waals surface area contributed by atoms with Crippen LogP contribution >= 0.6 is 0 Å². The predicted octanol–water partition coefficient (Wildman–Crippen LogP) is 4.16. The van der Waals surface area contributed by atoms with Gasteiger partial charge in [-0.1, -0.05) is 42.5 Å². The summed E-state index contributed by atoms with van der Waals surface area (Å²) < 4.78 is 8.40. The van der Waals surface area contributed by atoms with E-state index in [1.807, 2.05) is 68.6 Å². The van der Waals surface area contributed by atoms with Gasteiger partial charge in [0.2, 0.25) is 5.91 Å². The van der Waals surface area contributed by atoms with Crippen molar-refractivity contribution in [1.29, 1.82) is 0 Å². The molecule has 0 fully saturated rings. The van der Waals surface area contributed by atoms with Crippen molar-refractivity contribution in [2.75, 3.05) is 19.0 Å². The van der Waals surface area contributed by atoms with Gasteiger partial charge in [0.15, 0.2) is 0 Å². The molecule has 0 unspecified atom stereocenters. The molecule has 7 nitrogen and oxygen atoms in total. The minimum Gasteiger partial charge on any atom is -0.385 e. The molecule has 0 bridgehead atoms. The standard InChI is InChI=1S/C26H28N4O3/c1-18-9-7-12-22(19(18)2)28-23(31)16-30-15-21(20-10-5-4-6-11-20)24-25(30)26(32)29(17-27-24)13-8-14-33-3/h4-7,9-12,15,17H,8,13-14,16H2,1-3H3,(H,28,31). The number of amides is 1. The molecule has 7 heteroatoms. The zero-order chi connectivity index (χ0) is 23.4. The van der Waals surface area contributed by atoms with E-state index >= 15 is 0 Å². The van der Waals surface area contributed by atoms with Crippen LogP contribution in [0.3, 0.4) is 0 Å². The smallest absolute Gasteiger partial charge is 0.277 e. The number of aromatic nitrogens is 3. The fourth-order valence-electron chi connectivity index (χ4n) is 3.94. The van der Waals surface area contributed by atoms with Gasteiger partial charge in [0.1, 0.15) is 17.6 Å². The third-order valence-electron chi connectivity index (χ3n) is 5.87. The van der Waals surface area contributed by atoms with Gasteiger partial charge in [0.05, 0.1) is 6.33 Å². The lowest BCUT2D eigenvalue weighted by Crippen LogP contribution is -2.25. The van der Waals surface area contributed by atoms with E-state index in [2.05, 4.69) is 10.3 Å². The molecule has 2 heterocycles. The van der Waals surface area contributed by atoms with Crippen molar-refractivity contribution in [3.05, 3.63) is 82.5 Å². The molecule has 0 atom stereocenters. The Morgan fingerprint density at radius 1 is 1.06 bits per heavy atom. The highest BCUT2D eigenvalue weighted by molar-refractivity contribution is 5.96. The Balaban J connectivity index is 1.74. The minimum atomic E-state index is -0.200. The lowest BCUT2D eigenvalue weighted by atomic mass is 10.1. The first kappa shape index (κ1) is 22.5. The van der Waals surface area contributed by atoms with E-state index in [9.17, 15) is 9.59 Å². The zero-order valence-electron chi connectivity index (χ0n) is 19.2. The van der Waals surface area contributed by atoms with E-state index in [1.54, 1.807) is 22.6 Å². The van der Waals surface area contributed by atoms with Crippen LogP contribution in [0.2, 0.25) is 0 Å². The minimum absolute atomic E-state index is 0.00964. The second-order valence-electron chi connectivity index (χ2n) is 8.12. The van der Waals surface area contributed by atoms with Crippen molar-refractivity contribution in [1.82, 2.24) is 14.1 Å². The highest BCUT2D eigenvalue weighted by Crippen LogP contribution is 2.27. The van der Waals surface area contributed by atoms with Crippen molar-refractivity contribution < 1.29 is 9.53 Å². The van der Waals surface area contributed by atoms with E-state index < -0.39 is 0 Å². The quantitative estimate of drug-likeness (QED) is 0.414. The summed E-state index contributed by atoms with van der Waals surface area (Å²) in [5.41, 5.74) is 5.52. The number of aryl methyl sites for hydroxylation is 2. The first-order chi connectivity index (χ1) is 16.0. The zero-order valence-corrected chi connectivity index (χ0v) is 19.2. The van der Waals surface area contributed by atoms with E-state index in [1.165, 1.54) is 0 Å². The number of nitrogens with one attached hydrogen (secondary N) is 1. The van der Waals surface area contributed by atoms with Gasteiger partial charge in [0, 0.05) is 37.7 Å². The van der Waals surface area contributed by atoms with E-state index in [4.69, 9.17) is 4.74 Å². The van der Waals surface area contributed by atoms with Gasteiger partial charge in [-0.15, -0.1) is 0 Å². The van der Waals surface area contributed by atoms with Gasteiger partial charge in [-0.3, -0.25) is 14.2 Å². The van der Waals surface area contributed by atoms with Gasteiger partial charge < -0.3 is 14.6 Å². The number of ether oxygens (including phenoxy) is 1. The number of fused-ring (bicyclic) bond motifs is 1. The van der Waals surface area contributed by atoms with Crippen LogP contribution in [0.4, 0.5) is 5.69 Å². The Bertz CT molecular complexity index is 1340. The Morgan fingerprint density at radius 2 is 1.85 bits per heavy atom. The van der Waals surface area contributed by atoms with Crippen LogP contribution in [0.15, 0.2) is 65.8 Å². The summed E-state index contributed by atoms with van der Waals surface area (Å²) >= 11 is 0. The maximum Gasteiger partial charge on any atom is 0.277 e. The molecule has 0 spiro atoms. The van der Waals surface area contributed by atoms with Crippen LogP contribution in [-0.4, -0.2) is 33.7 Å². The molecule has 2 aromatic heterocycles. The number of nitrogens with zero attached hydrogens (tertiary/aromatic N) is 3. The summed E-state index contributed by atoms with van der Waals surface area (Å²) in [6.45, 7) is 5.05. The monoisotopic (exact) mass is 444 g/mol. The SMILES string of the molecule is COCCCn1cnc2c(-c3ccccc3)cn(CC(=O)Nc3cccc(C)c3C)c2c1=O. The number of anilines is 1. The fraction of sp³-hybridized carbons (Fsp3) is 0.269. The van der Waals surface area contributed by atoms with Gasteiger partial charge >= 0.3 is 0 Å². The summed E-state index contributed by atoms with van der Waals surface area (Å²) in [5, 5.41) is 2.98. The molecule has 170 valence electrons. The summed E-state index contributed by atoms with van der Waals surface area (Å²) in [7, 11) is 1.63. The number of hydrogen-bond acceptors (Lipinski definition) is 4. The van der Waals surface area contributed by atoms with Crippen molar-refractivity contribution in [3.8, 4) is 11.1 Å². The van der Waals surface area contributed by atoms with E-state index in [0.717, 1.165) is 27.9 Å². The van der Waals surface area contributed by atoms with E-state index in [-0.39, 0.29) is 18.0 Å².